The minimum absolute atomic E-state index is 0.0198. The molecule has 2 rings (SSSR count). The molecule has 0 saturated heterocycles. The van der Waals surface area contributed by atoms with Crippen LogP contribution in [0.3, 0.4) is 0 Å². The molecule has 2 aromatic rings. The molecule has 0 aliphatic rings. The monoisotopic (exact) mass is 307 g/mol. The molecule has 0 saturated carbocycles. The lowest BCUT2D eigenvalue weighted by Gasteiger charge is -2.17. The van der Waals surface area contributed by atoms with E-state index in [4.69, 9.17) is 16.3 Å². The molecule has 0 bridgehead atoms. The normalized spacial score (nSPS) is 12.3. The summed E-state index contributed by atoms with van der Waals surface area (Å²) in [7, 11) is 0. The minimum atomic E-state index is -0.236. The Hall–Kier alpha value is -1.74. The SMILES string of the molecule is CC(C)Oc1ccc(NC(C)c2cccc(F)c2)cc1Cl. The maximum absolute atomic E-state index is 13.2. The van der Waals surface area contributed by atoms with Crippen LogP contribution in [0.2, 0.25) is 5.02 Å². The minimum Gasteiger partial charge on any atom is -0.489 e. The standard InChI is InChI=1S/C17H19ClFNO/c1-11(2)21-17-8-7-15(10-16(17)18)20-12(3)13-5-4-6-14(19)9-13/h4-12,20H,1-3H3. The highest BCUT2D eigenvalue weighted by molar-refractivity contribution is 6.32. The van der Waals surface area contributed by atoms with Gasteiger partial charge in [-0.3, -0.25) is 0 Å². The van der Waals surface area contributed by atoms with Crippen LogP contribution in [0.15, 0.2) is 42.5 Å². The molecule has 0 aliphatic heterocycles. The molecule has 21 heavy (non-hydrogen) atoms. The van der Waals surface area contributed by atoms with Crippen LogP contribution in [0.25, 0.3) is 0 Å². The van der Waals surface area contributed by atoms with Crippen LogP contribution < -0.4 is 10.1 Å². The summed E-state index contributed by atoms with van der Waals surface area (Å²) in [4.78, 5) is 0. The maximum atomic E-state index is 13.2. The van der Waals surface area contributed by atoms with Crippen molar-refractivity contribution in [3.8, 4) is 5.75 Å². The number of anilines is 1. The van der Waals surface area contributed by atoms with Gasteiger partial charge >= 0.3 is 0 Å². The Kier molecular flexibility index (Phi) is 5.07. The summed E-state index contributed by atoms with van der Waals surface area (Å²) in [5.74, 6) is 0.426. The maximum Gasteiger partial charge on any atom is 0.138 e. The van der Waals surface area contributed by atoms with Crippen molar-refractivity contribution < 1.29 is 9.13 Å². The number of hydrogen-bond donors (Lipinski definition) is 1. The third-order valence-electron chi connectivity index (χ3n) is 3.03. The van der Waals surface area contributed by atoms with Crippen molar-refractivity contribution in [2.24, 2.45) is 0 Å². The van der Waals surface area contributed by atoms with Crippen LogP contribution in [-0.2, 0) is 0 Å². The first kappa shape index (κ1) is 15.6. The van der Waals surface area contributed by atoms with Gasteiger partial charge in [-0.25, -0.2) is 4.39 Å². The molecule has 1 atom stereocenters. The molecule has 4 heteroatoms. The van der Waals surface area contributed by atoms with E-state index >= 15 is 0 Å². The van der Waals surface area contributed by atoms with Crippen molar-refractivity contribution in [2.45, 2.75) is 32.9 Å². The third kappa shape index (κ3) is 4.36. The average Bonchev–Trinajstić information content (AvgIpc) is 2.41. The van der Waals surface area contributed by atoms with Gasteiger partial charge in [0.2, 0.25) is 0 Å². The van der Waals surface area contributed by atoms with Crippen molar-refractivity contribution in [3.63, 3.8) is 0 Å². The Labute approximate surface area is 129 Å². The van der Waals surface area contributed by atoms with Gasteiger partial charge in [-0.05, 0) is 56.7 Å². The van der Waals surface area contributed by atoms with E-state index in [1.165, 1.54) is 12.1 Å². The summed E-state index contributed by atoms with van der Waals surface area (Å²) < 4.78 is 18.8. The van der Waals surface area contributed by atoms with Crippen LogP contribution in [-0.4, -0.2) is 6.10 Å². The molecule has 2 aromatic carbocycles. The molecule has 112 valence electrons. The lowest BCUT2D eigenvalue weighted by Crippen LogP contribution is -2.08. The Morgan fingerprint density at radius 3 is 2.48 bits per heavy atom. The summed E-state index contributed by atoms with van der Waals surface area (Å²) in [5.41, 5.74) is 1.75. The Balaban J connectivity index is 2.11. The highest BCUT2D eigenvalue weighted by Gasteiger charge is 2.09. The summed E-state index contributed by atoms with van der Waals surface area (Å²) in [6.45, 7) is 5.88. The molecular weight excluding hydrogens is 289 g/mol. The van der Waals surface area contributed by atoms with Gasteiger partial charge < -0.3 is 10.1 Å². The molecule has 0 spiro atoms. The third-order valence-corrected chi connectivity index (χ3v) is 3.32. The number of ether oxygens (including phenoxy) is 1. The van der Waals surface area contributed by atoms with Gasteiger partial charge in [0.15, 0.2) is 0 Å². The molecule has 0 aliphatic carbocycles. The molecule has 1 unspecified atom stereocenters. The fourth-order valence-electron chi connectivity index (χ4n) is 2.05. The van der Waals surface area contributed by atoms with Gasteiger partial charge in [-0.2, -0.15) is 0 Å². The highest BCUT2D eigenvalue weighted by atomic mass is 35.5. The van der Waals surface area contributed by atoms with E-state index in [1.54, 1.807) is 6.07 Å². The fraction of sp³-hybridized carbons (Fsp3) is 0.294. The van der Waals surface area contributed by atoms with Gasteiger partial charge in [-0.1, -0.05) is 23.7 Å². The summed E-state index contributed by atoms with van der Waals surface area (Å²) >= 11 is 6.20. The van der Waals surface area contributed by atoms with E-state index in [0.29, 0.717) is 10.8 Å². The predicted octanol–water partition coefficient (Wildman–Crippen LogP) is 5.44. The Morgan fingerprint density at radius 1 is 1.10 bits per heavy atom. The van der Waals surface area contributed by atoms with Crippen LogP contribution in [0.5, 0.6) is 5.75 Å². The van der Waals surface area contributed by atoms with Gasteiger partial charge in [0.05, 0.1) is 11.1 Å². The van der Waals surface area contributed by atoms with Crippen molar-refractivity contribution in [1.82, 2.24) is 0 Å². The van der Waals surface area contributed by atoms with Crippen molar-refractivity contribution >= 4 is 17.3 Å². The van der Waals surface area contributed by atoms with Crippen molar-refractivity contribution in [3.05, 3.63) is 58.9 Å². The van der Waals surface area contributed by atoms with Gasteiger partial charge in [0.25, 0.3) is 0 Å². The Morgan fingerprint density at radius 2 is 1.86 bits per heavy atom. The zero-order valence-corrected chi connectivity index (χ0v) is 13.1. The number of rotatable bonds is 5. The predicted molar refractivity (Wildman–Crippen MR) is 85.7 cm³/mol. The zero-order chi connectivity index (χ0) is 15.4. The van der Waals surface area contributed by atoms with Crippen molar-refractivity contribution in [2.75, 3.05) is 5.32 Å². The van der Waals surface area contributed by atoms with Crippen LogP contribution >= 0.6 is 11.6 Å². The highest BCUT2D eigenvalue weighted by Crippen LogP contribution is 2.30. The van der Waals surface area contributed by atoms with E-state index in [1.807, 2.05) is 45.0 Å². The van der Waals surface area contributed by atoms with Gasteiger partial charge in [0.1, 0.15) is 11.6 Å². The topological polar surface area (TPSA) is 21.3 Å². The molecule has 1 N–H and O–H groups in total. The molecule has 0 amide bonds. The van der Waals surface area contributed by atoms with Crippen LogP contribution in [0.4, 0.5) is 10.1 Å². The smallest absolute Gasteiger partial charge is 0.138 e. The first-order chi connectivity index (χ1) is 9.95. The second kappa shape index (κ2) is 6.81. The van der Waals surface area contributed by atoms with Crippen LogP contribution in [0.1, 0.15) is 32.4 Å². The molecule has 2 nitrogen and oxygen atoms in total. The van der Waals surface area contributed by atoms with E-state index in [9.17, 15) is 4.39 Å². The summed E-state index contributed by atoms with van der Waals surface area (Å²) in [6.07, 6.45) is 0.0764. The first-order valence-corrected chi connectivity index (χ1v) is 7.31. The summed E-state index contributed by atoms with van der Waals surface area (Å²) in [6, 6.07) is 12.1. The van der Waals surface area contributed by atoms with E-state index < -0.39 is 0 Å². The van der Waals surface area contributed by atoms with Crippen LogP contribution in [0, 0.1) is 5.82 Å². The zero-order valence-electron chi connectivity index (χ0n) is 12.4. The Bertz CT molecular complexity index is 615. The largest absolute Gasteiger partial charge is 0.489 e. The molecule has 0 radical (unpaired) electrons. The lowest BCUT2D eigenvalue weighted by molar-refractivity contribution is 0.242. The molecular formula is C17H19ClFNO. The average molecular weight is 308 g/mol. The second-order valence-electron chi connectivity index (χ2n) is 5.23. The van der Waals surface area contributed by atoms with Gasteiger partial charge in [-0.15, -0.1) is 0 Å². The number of halogens is 2. The number of benzene rings is 2. The first-order valence-electron chi connectivity index (χ1n) is 6.94. The quantitative estimate of drug-likeness (QED) is 0.794. The van der Waals surface area contributed by atoms with E-state index in [2.05, 4.69) is 5.32 Å². The molecule has 0 aromatic heterocycles. The summed E-state index contributed by atoms with van der Waals surface area (Å²) in [5, 5.41) is 3.86. The van der Waals surface area contributed by atoms with E-state index in [-0.39, 0.29) is 18.0 Å². The molecule has 0 fully saturated rings. The second-order valence-corrected chi connectivity index (χ2v) is 5.64. The molecule has 0 heterocycles. The van der Waals surface area contributed by atoms with E-state index in [0.717, 1.165) is 11.3 Å². The number of hydrogen-bond acceptors (Lipinski definition) is 2. The lowest BCUT2D eigenvalue weighted by atomic mass is 10.1. The number of nitrogens with one attached hydrogen (secondary N) is 1. The fourth-order valence-corrected chi connectivity index (χ4v) is 2.27. The van der Waals surface area contributed by atoms with Crippen molar-refractivity contribution in [1.29, 1.82) is 0 Å². The van der Waals surface area contributed by atoms with Gasteiger partial charge in [0, 0.05) is 11.7 Å².